The highest BCUT2D eigenvalue weighted by Crippen LogP contribution is 2.30. The number of nitrogens with zero attached hydrogens (tertiary/aromatic N) is 2. The first-order chi connectivity index (χ1) is 12.1. The van der Waals surface area contributed by atoms with Gasteiger partial charge in [-0.2, -0.15) is 5.26 Å². The van der Waals surface area contributed by atoms with E-state index in [4.69, 9.17) is 16.3 Å². The first-order valence-corrected chi connectivity index (χ1v) is 8.57. The fourth-order valence-corrected chi connectivity index (χ4v) is 3.18. The summed E-state index contributed by atoms with van der Waals surface area (Å²) in [5, 5.41) is 22.5. The Bertz CT molecular complexity index is 972. The lowest BCUT2D eigenvalue weighted by molar-refractivity contribution is 0.373. The maximum atomic E-state index is 9.86. The van der Waals surface area contributed by atoms with E-state index >= 15 is 0 Å². The molecule has 0 spiro atoms. The topological polar surface area (TPSA) is 66.1 Å². The quantitative estimate of drug-likeness (QED) is 0.639. The Kier molecular flexibility index (Phi) is 5.03. The molecule has 1 heterocycles. The highest BCUT2D eigenvalue weighted by atomic mass is 35.5. The maximum Gasteiger partial charge on any atom is 0.160 e. The molecule has 3 rings (SSSR count). The third kappa shape index (κ3) is 3.82. The lowest BCUT2D eigenvalue weighted by Gasteiger charge is -2.03. The Morgan fingerprint density at radius 1 is 1.28 bits per heavy atom. The number of allylic oxidation sites excluding steroid dienone is 1. The van der Waals surface area contributed by atoms with Gasteiger partial charge in [-0.05, 0) is 35.9 Å². The van der Waals surface area contributed by atoms with E-state index in [1.165, 1.54) is 18.4 Å². The highest BCUT2D eigenvalue weighted by Gasteiger charge is 2.10. The van der Waals surface area contributed by atoms with Crippen molar-refractivity contribution in [3.8, 4) is 28.8 Å². The lowest BCUT2D eigenvalue weighted by atomic mass is 10.1. The second kappa shape index (κ2) is 7.39. The minimum atomic E-state index is 0.0227. The number of halogens is 1. The van der Waals surface area contributed by atoms with Crippen LogP contribution in [-0.2, 0) is 0 Å². The number of hydrogen-bond acceptors (Lipinski definition) is 5. The predicted molar refractivity (Wildman–Crippen MR) is 101 cm³/mol. The zero-order valence-electron chi connectivity index (χ0n) is 13.2. The monoisotopic (exact) mass is 368 g/mol. The van der Waals surface area contributed by atoms with E-state index in [-0.39, 0.29) is 5.75 Å². The van der Waals surface area contributed by atoms with E-state index in [9.17, 15) is 10.4 Å². The Balaban J connectivity index is 1.92. The van der Waals surface area contributed by atoms with Crippen molar-refractivity contribution >= 4 is 34.6 Å². The number of thiazole rings is 1. The molecule has 0 atom stereocenters. The number of phenolic OH excluding ortho intramolecular Hbond substituents is 1. The largest absolute Gasteiger partial charge is 0.504 e. The van der Waals surface area contributed by atoms with Gasteiger partial charge in [0.2, 0.25) is 0 Å². The number of nitriles is 1. The van der Waals surface area contributed by atoms with Gasteiger partial charge in [0.1, 0.15) is 11.1 Å². The first kappa shape index (κ1) is 17.0. The molecule has 0 saturated heterocycles. The third-order valence-corrected chi connectivity index (χ3v) is 4.64. The highest BCUT2D eigenvalue weighted by molar-refractivity contribution is 7.11. The van der Waals surface area contributed by atoms with Crippen LogP contribution in [0.1, 0.15) is 10.6 Å². The second-order valence-corrected chi connectivity index (χ2v) is 6.44. The van der Waals surface area contributed by atoms with Gasteiger partial charge < -0.3 is 9.84 Å². The van der Waals surface area contributed by atoms with Crippen molar-refractivity contribution in [2.45, 2.75) is 0 Å². The molecule has 0 aliphatic heterocycles. The molecule has 0 amide bonds. The molecule has 3 aromatic rings. The molecule has 0 bridgehead atoms. The Hall–Kier alpha value is -2.81. The minimum Gasteiger partial charge on any atom is -0.504 e. The molecule has 0 aliphatic carbocycles. The average molecular weight is 369 g/mol. The van der Waals surface area contributed by atoms with E-state index in [2.05, 4.69) is 11.1 Å². The standard InChI is InChI=1S/C19H13ClN2O2S/c1-24-18-7-2-12(9-17(18)23)8-14(10-21)19-22-16(11-25-19)13-3-5-15(20)6-4-13/h2-9,11,23H,1H3. The van der Waals surface area contributed by atoms with Crippen LogP contribution in [0.15, 0.2) is 47.8 Å². The van der Waals surface area contributed by atoms with Crippen LogP contribution in [-0.4, -0.2) is 17.2 Å². The Labute approximate surface area is 154 Å². The fourth-order valence-electron chi connectivity index (χ4n) is 2.26. The van der Waals surface area contributed by atoms with Crippen LogP contribution in [0, 0.1) is 11.3 Å². The molecular weight excluding hydrogens is 356 g/mol. The van der Waals surface area contributed by atoms with Gasteiger partial charge >= 0.3 is 0 Å². The molecule has 1 N–H and O–H groups in total. The molecule has 6 heteroatoms. The number of aromatic hydroxyl groups is 1. The summed E-state index contributed by atoms with van der Waals surface area (Å²) in [6, 6.07) is 14.5. The number of rotatable bonds is 4. The molecule has 0 fully saturated rings. The summed E-state index contributed by atoms with van der Waals surface area (Å²) in [5.74, 6) is 0.407. The molecule has 0 unspecified atom stereocenters. The van der Waals surface area contributed by atoms with Gasteiger partial charge in [-0.1, -0.05) is 29.8 Å². The smallest absolute Gasteiger partial charge is 0.160 e. The number of methoxy groups -OCH3 is 1. The zero-order valence-corrected chi connectivity index (χ0v) is 14.8. The third-order valence-electron chi connectivity index (χ3n) is 3.51. The Morgan fingerprint density at radius 2 is 2.04 bits per heavy atom. The first-order valence-electron chi connectivity index (χ1n) is 7.31. The van der Waals surface area contributed by atoms with E-state index in [1.54, 1.807) is 36.4 Å². The maximum absolute atomic E-state index is 9.86. The molecule has 0 aliphatic rings. The van der Waals surface area contributed by atoms with E-state index in [1.807, 2.05) is 17.5 Å². The summed E-state index contributed by atoms with van der Waals surface area (Å²) in [6.07, 6.45) is 1.68. The van der Waals surface area contributed by atoms with Gasteiger partial charge in [-0.25, -0.2) is 4.98 Å². The molecule has 2 aromatic carbocycles. The number of phenols is 1. The van der Waals surface area contributed by atoms with Gasteiger partial charge in [0, 0.05) is 16.0 Å². The van der Waals surface area contributed by atoms with Crippen LogP contribution in [0.25, 0.3) is 22.9 Å². The lowest BCUT2D eigenvalue weighted by Crippen LogP contribution is -1.85. The summed E-state index contributed by atoms with van der Waals surface area (Å²) in [7, 11) is 1.49. The predicted octanol–water partition coefficient (Wildman–Crippen LogP) is 5.24. The molecule has 4 nitrogen and oxygen atoms in total. The summed E-state index contributed by atoms with van der Waals surface area (Å²) >= 11 is 7.29. The average Bonchev–Trinajstić information content (AvgIpc) is 3.10. The van der Waals surface area contributed by atoms with Crippen LogP contribution < -0.4 is 4.74 Å². The molecule has 0 radical (unpaired) electrons. The van der Waals surface area contributed by atoms with Crippen molar-refractivity contribution in [1.82, 2.24) is 4.98 Å². The van der Waals surface area contributed by atoms with Crippen LogP contribution in [0.5, 0.6) is 11.5 Å². The van der Waals surface area contributed by atoms with Crippen molar-refractivity contribution in [1.29, 1.82) is 5.26 Å². The van der Waals surface area contributed by atoms with E-state index in [0.29, 0.717) is 26.9 Å². The molecule has 1 aromatic heterocycles. The minimum absolute atomic E-state index is 0.0227. The van der Waals surface area contributed by atoms with Crippen molar-refractivity contribution in [2.24, 2.45) is 0 Å². The SMILES string of the molecule is COc1ccc(C=C(C#N)c2nc(-c3ccc(Cl)cc3)cs2)cc1O. The van der Waals surface area contributed by atoms with Crippen LogP contribution in [0.4, 0.5) is 0 Å². The second-order valence-electron chi connectivity index (χ2n) is 5.15. The van der Waals surface area contributed by atoms with Crippen LogP contribution in [0.2, 0.25) is 5.02 Å². The summed E-state index contributed by atoms with van der Waals surface area (Å²) in [5.41, 5.74) is 2.84. The van der Waals surface area contributed by atoms with Crippen LogP contribution in [0.3, 0.4) is 0 Å². The molecule has 124 valence electrons. The van der Waals surface area contributed by atoms with Crippen molar-refractivity contribution in [3.05, 3.63) is 63.4 Å². The van der Waals surface area contributed by atoms with Gasteiger partial charge in [-0.3, -0.25) is 0 Å². The molecule has 0 saturated carbocycles. The molecular formula is C19H13ClN2O2S. The van der Waals surface area contributed by atoms with E-state index < -0.39 is 0 Å². The summed E-state index contributed by atoms with van der Waals surface area (Å²) in [4.78, 5) is 4.53. The van der Waals surface area contributed by atoms with Gasteiger partial charge in [0.15, 0.2) is 11.5 Å². The molecule has 25 heavy (non-hydrogen) atoms. The van der Waals surface area contributed by atoms with Crippen molar-refractivity contribution in [3.63, 3.8) is 0 Å². The fraction of sp³-hybridized carbons (Fsp3) is 0.0526. The number of benzene rings is 2. The van der Waals surface area contributed by atoms with Gasteiger partial charge in [0.05, 0.1) is 18.4 Å². The van der Waals surface area contributed by atoms with Crippen LogP contribution >= 0.6 is 22.9 Å². The summed E-state index contributed by atoms with van der Waals surface area (Å²) < 4.78 is 5.02. The number of hydrogen-bond donors (Lipinski definition) is 1. The van der Waals surface area contributed by atoms with E-state index in [0.717, 1.165) is 11.3 Å². The number of aromatic nitrogens is 1. The summed E-state index contributed by atoms with van der Waals surface area (Å²) in [6.45, 7) is 0. The Morgan fingerprint density at radius 3 is 2.68 bits per heavy atom. The van der Waals surface area contributed by atoms with Gasteiger partial charge in [0.25, 0.3) is 0 Å². The van der Waals surface area contributed by atoms with Gasteiger partial charge in [-0.15, -0.1) is 11.3 Å². The number of ether oxygens (including phenoxy) is 1. The van der Waals surface area contributed by atoms with Crippen molar-refractivity contribution in [2.75, 3.05) is 7.11 Å². The van der Waals surface area contributed by atoms with Crippen molar-refractivity contribution < 1.29 is 9.84 Å². The normalized spacial score (nSPS) is 11.2. The zero-order chi connectivity index (χ0) is 17.8.